The van der Waals surface area contributed by atoms with Gasteiger partial charge < -0.3 is 5.32 Å². The van der Waals surface area contributed by atoms with E-state index in [4.69, 9.17) is 0 Å². The maximum absolute atomic E-state index is 12.5. The van der Waals surface area contributed by atoms with Gasteiger partial charge in [-0.1, -0.05) is 6.92 Å². The van der Waals surface area contributed by atoms with Crippen LogP contribution in [0, 0.1) is 23.2 Å². The van der Waals surface area contributed by atoms with E-state index in [0.29, 0.717) is 24.4 Å². The first-order valence-corrected chi connectivity index (χ1v) is 10.5. The van der Waals surface area contributed by atoms with Crippen LogP contribution >= 0.6 is 0 Å². The molecular formula is C21H34N6O. The zero-order valence-electron chi connectivity index (χ0n) is 17.7. The van der Waals surface area contributed by atoms with Crippen LogP contribution in [0.4, 0.5) is 0 Å². The van der Waals surface area contributed by atoms with Gasteiger partial charge in [-0.05, 0) is 64.6 Å². The number of amides is 1. The van der Waals surface area contributed by atoms with Gasteiger partial charge in [-0.25, -0.2) is 0 Å². The van der Waals surface area contributed by atoms with Crippen molar-refractivity contribution < 1.29 is 4.79 Å². The lowest BCUT2D eigenvalue weighted by Crippen LogP contribution is -2.50. The summed E-state index contributed by atoms with van der Waals surface area (Å²) in [5.41, 5.74) is 0.540. The molecule has 0 unspecified atom stereocenters. The van der Waals surface area contributed by atoms with Gasteiger partial charge >= 0.3 is 0 Å². The first-order valence-electron chi connectivity index (χ1n) is 10.5. The predicted octanol–water partition coefficient (Wildman–Crippen LogP) is 1.93. The lowest BCUT2D eigenvalue weighted by molar-refractivity contribution is -0.123. The van der Waals surface area contributed by atoms with E-state index in [1.165, 1.54) is 12.0 Å². The Hall–Kier alpha value is -1.91. The Kier molecular flexibility index (Phi) is 6.41. The zero-order valence-corrected chi connectivity index (χ0v) is 17.7. The first kappa shape index (κ1) is 20.8. The van der Waals surface area contributed by atoms with Crippen molar-refractivity contribution in [3.05, 3.63) is 18.0 Å². The fourth-order valence-electron chi connectivity index (χ4n) is 4.69. The van der Waals surface area contributed by atoms with Crippen LogP contribution in [0.5, 0.6) is 0 Å². The molecular weight excluding hydrogens is 352 g/mol. The Bertz CT molecular complexity index is 721. The van der Waals surface area contributed by atoms with Crippen LogP contribution in [0.15, 0.2) is 12.4 Å². The monoisotopic (exact) mass is 386 g/mol. The molecule has 1 aromatic rings. The topological polar surface area (TPSA) is 77.2 Å². The number of nitrogens with one attached hydrogen (secondary N) is 1. The Morgan fingerprint density at radius 1 is 1.46 bits per heavy atom. The Balaban J connectivity index is 1.61. The second kappa shape index (κ2) is 8.62. The van der Waals surface area contributed by atoms with E-state index < -0.39 is 5.54 Å². The number of hydrogen-bond donors (Lipinski definition) is 1. The van der Waals surface area contributed by atoms with Crippen LogP contribution in [-0.2, 0) is 11.8 Å². The van der Waals surface area contributed by atoms with Crippen molar-refractivity contribution in [2.75, 3.05) is 33.2 Å². The largest absolute Gasteiger partial charge is 0.337 e. The van der Waals surface area contributed by atoms with Crippen LogP contribution in [-0.4, -0.2) is 64.3 Å². The third kappa shape index (κ3) is 4.73. The zero-order chi connectivity index (χ0) is 20.3. The van der Waals surface area contributed by atoms with Crippen molar-refractivity contribution >= 4 is 5.91 Å². The number of nitrogens with zero attached hydrogens (tertiary/aromatic N) is 5. The van der Waals surface area contributed by atoms with E-state index in [0.717, 1.165) is 38.9 Å². The molecule has 154 valence electrons. The van der Waals surface area contributed by atoms with Crippen LogP contribution in [0.2, 0.25) is 0 Å². The Morgan fingerprint density at radius 2 is 2.21 bits per heavy atom. The third-order valence-electron chi connectivity index (χ3n) is 6.32. The van der Waals surface area contributed by atoms with Crippen molar-refractivity contribution in [2.24, 2.45) is 18.9 Å². The fourth-order valence-corrected chi connectivity index (χ4v) is 4.69. The summed E-state index contributed by atoms with van der Waals surface area (Å²) >= 11 is 0. The molecule has 1 N–H and O–H groups in total. The molecule has 1 saturated heterocycles. The van der Waals surface area contributed by atoms with Gasteiger partial charge in [0, 0.05) is 31.4 Å². The van der Waals surface area contributed by atoms with E-state index in [1.54, 1.807) is 0 Å². The summed E-state index contributed by atoms with van der Waals surface area (Å²) in [5, 5.41) is 16.8. The number of piperidine rings is 1. The van der Waals surface area contributed by atoms with Gasteiger partial charge in [0.1, 0.15) is 5.54 Å². The summed E-state index contributed by atoms with van der Waals surface area (Å²) < 4.78 is 1.87. The third-order valence-corrected chi connectivity index (χ3v) is 6.32. The van der Waals surface area contributed by atoms with Gasteiger partial charge in [-0.3, -0.25) is 19.3 Å². The number of carbonyl (C=O) groups excluding carboxylic acids is 1. The molecule has 2 heterocycles. The quantitative estimate of drug-likeness (QED) is 0.739. The lowest BCUT2D eigenvalue weighted by Gasteiger charge is -2.42. The predicted molar refractivity (Wildman–Crippen MR) is 108 cm³/mol. The Labute approximate surface area is 168 Å². The standard InChI is InChI=1S/C21H34N6O/c1-5-27-10-6-7-16(20(27)17-11-23-26(4)13-17)12-25(3)14-19(28)24-21(2,15-22)18-8-9-18/h11,13,16,18,20H,5-10,12,14H2,1-4H3,(H,24,28)/t16-,20+,21-/m0/s1. The first-order chi connectivity index (χ1) is 13.4. The maximum Gasteiger partial charge on any atom is 0.235 e. The van der Waals surface area contributed by atoms with Crippen LogP contribution in [0.3, 0.4) is 0 Å². The highest BCUT2D eigenvalue weighted by Crippen LogP contribution is 2.39. The second-order valence-electron chi connectivity index (χ2n) is 8.76. The maximum atomic E-state index is 12.5. The average Bonchev–Trinajstić information content (AvgIpc) is 3.43. The normalized spacial score (nSPS) is 25.3. The molecule has 1 amide bonds. The van der Waals surface area contributed by atoms with E-state index in [9.17, 15) is 10.1 Å². The molecule has 2 fully saturated rings. The average molecular weight is 387 g/mol. The molecule has 0 radical (unpaired) electrons. The van der Waals surface area contributed by atoms with Crippen molar-refractivity contribution in [2.45, 2.75) is 51.1 Å². The fraction of sp³-hybridized carbons (Fsp3) is 0.762. The Morgan fingerprint density at radius 3 is 2.79 bits per heavy atom. The van der Waals surface area contributed by atoms with Crippen molar-refractivity contribution in [3.63, 3.8) is 0 Å². The van der Waals surface area contributed by atoms with E-state index >= 15 is 0 Å². The number of nitriles is 1. The van der Waals surface area contributed by atoms with E-state index in [-0.39, 0.29) is 5.91 Å². The number of likely N-dealkylation sites (tertiary alicyclic amines) is 1. The minimum absolute atomic E-state index is 0.0560. The summed E-state index contributed by atoms with van der Waals surface area (Å²) in [6, 6.07) is 2.65. The molecule has 0 aromatic carbocycles. The van der Waals surface area contributed by atoms with Crippen molar-refractivity contribution in [1.82, 2.24) is 24.9 Å². The van der Waals surface area contributed by atoms with Crippen molar-refractivity contribution in [3.8, 4) is 6.07 Å². The molecule has 2 aliphatic rings. The second-order valence-corrected chi connectivity index (χ2v) is 8.76. The van der Waals surface area contributed by atoms with Gasteiger partial charge in [0.2, 0.25) is 5.91 Å². The van der Waals surface area contributed by atoms with Gasteiger partial charge in [0.25, 0.3) is 0 Å². The van der Waals surface area contributed by atoms with Crippen molar-refractivity contribution in [1.29, 1.82) is 5.26 Å². The number of aryl methyl sites for hydroxylation is 1. The highest BCUT2D eigenvalue weighted by molar-refractivity contribution is 5.79. The molecule has 0 spiro atoms. The van der Waals surface area contributed by atoms with Gasteiger partial charge in [-0.15, -0.1) is 0 Å². The number of rotatable bonds is 8. The summed E-state index contributed by atoms with van der Waals surface area (Å²) in [6.07, 6.45) is 8.49. The smallest absolute Gasteiger partial charge is 0.235 e. The molecule has 1 aliphatic carbocycles. The number of aromatic nitrogens is 2. The minimum atomic E-state index is -0.722. The molecule has 3 atom stereocenters. The molecule has 1 aliphatic heterocycles. The molecule has 1 aromatic heterocycles. The summed E-state index contributed by atoms with van der Waals surface area (Å²) in [4.78, 5) is 17.2. The SMILES string of the molecule is CCN1CCC[C@@H](CN(C)CC(=O)N[C@@](C)(C#N)C2CC2)[C@@H]1c1cnn(C)c1. The van der Waals surface area contributed by atoms with E-state index in [2.05, 4.69) is 39.4 Å². The number of hydrogen-bond acceptors (Lipinski definition) is 5. The molecule has 7 heteroatoms. The lowest BCUT2D eigenvalue weighted by atomic mass is 9.85. The number of carbonyl (C=O) groups is 1. The highest BCUT2D eigenvalue weighted by atomic mass is 16.2. The van der Waals surface area contributed by atoms with Crippen LogP contribution in [0.25, 0.3) is 0 Å². The van der Waals surface area contributed by atoms with Gasteiger partial charge in [-0.2, -0.15) is 10.4 Å². The highest BCUT2D eigenvalue weighted by Gasteiger charge is 2.43. The molecule has 0 bridgehead atoms. The molecule has 7 nitrogen and oxygen atoms in total. The van der Waals surface area contributed by atoms with Gasteiger partial charge in [0.05, 0.1) is 18.8 Å². The summed E-state index contributed by atoms with van der Waals surface area (Å²) in [6.45, 7) is 7.37. The molecule has 3 rings (SSSR count). The van der Waals surface area contributed by atoms with Crippen LogP contribution < -0.4 is 5.32 Å². The van der Waals surface area contributed by atoms with Crippen LogP contribution in [0.1, 0.15) is 51.1 Å². The number of likely N-dealkylation sites (N-methyl/N-ethyl adjacent to an activating group) is 1. The molecule has 28 heavy (non-hydrogen) atoms. The molecule has 1 saturated carbocycles. The summed E-state index contributed by atoms with van der Waals surface area (Å²) in [7, 11) is 3.96. The van der Waals surface area contributed by atoms with Gasteiger partial charge in [0.15, 0.2) is 0 Å². The minimum Gasteiger partial charge on any atom is -0.337 e. The van der Waals surface area contributed by atoms with E-state index in [1.807, 2.05) is 31.9 Å². The summed E-state index contributed by atoms with van der Waals surface area (Å²) in [5.74, 6) is 0.708.